The van der Waals surface area contributed by atoms with Crippen LogP contribution in [0.3, 0.4) is 0 Å². The Balaban J connectivity index is 1.62. The van der Waals surface area contributed by atoms with Gasteiger partial charge in [0.15, 0.2) is 11.5 Å². The minimum atomic E-state index is -0.104. The predicted octanol–water partition coefficient (Wildman–Crippen LogP) is 4.56. The van der Waals surface area contributed by atoms with E-state index in [0.29, 0.717) is 37.0 Å². The lowest BCUT2D eigenvalue weighted by Crippen LogP contribution is -2.24. The summed E-state index contributed by atoms with van der Waals surface area (Å²) in [6, 6.07) is 13.8. The number of rotatable bonds is 6. The molecule has 29 heavy (non-hydrogen) atoms. The van der Waals surface area contributed by atoms with Crippen LogP contribution >= 0.6 is 15.9 Å². The molecule has 7 heteroatoms. The van der Waals surface area contributed by atoms with E-state index in [1.165, 1.54) is 4.58 Å². The van der Waals surface area contributed by atoms with Crippen molar-refractivity contribution in [2.45, 2.75) is 25.9 Å². The van der Waals surface area contributed by atoms with E-state index >= 15 is 0 Å². The van der Waals surface area contributed by atoms with Gasteiger partial charge in [-0.1, -0.05) is 39.2 Å². The Morgan fingerprint density at radius 3 is 2.90 bits per heavy atom. The van der Waals surface area contributed by atoms with Crippen molar-refractivity contribution in [2.24, 2.45) is 0 Å². The fourth-order valence-corrected chi connectivity index (χ4v) is 3.94. The number of aromatic nitrogens is 2. The van der Waals surface area contributed by atoms with Crippen molar-refractivity contribution in [2.75, 3.05) is 6.61 Å². The number of amides is 1. The number of H-pyrrole nitrogens is 1. The van der Waals surface area contributed by atoms with Crippen LogP contribution in [0, 0.1) is 0 Å². The molecule has 0 saturated heterocycles. The number of ether oxygens (including phenoxy) is 2. The van der Waals surface area contributed by atoms with Gasteiger partial charge in [-0.2, -0.15) is 4.58 Å². The molecular formula is C22H21BrN3O3+. The molecule has 1 aromatic heterocycles. The van der Waals surface area contributed by atoms with Crippen molar-refractivity contribution in [3.05, 3.63) is 69.8 Å². The molecule has 0 fully saturated rings. The van der Waals surface area contributed by atoms with Crippen molar-refractivity contribution >= 4 is 34.4 Å². The Morgan fingerprint density at radius 2 is 2.10 bits per heavy atom. The van der Waals surface area contributed by atoms with Gasteiger partial charge in [0, 0.05) is 10.4 Å². The highest BCUT2D eigenvalue weighted by molar-refractivity contribution is 9.10. The third-order valence-corrected chi connectivity index (χ3v) is 5.42. The molecule has 3 aromatic rings. The van der Waals surface area contributed by atoms with Gasteiger partial charge < -0.3 is 9.47 Å². The van der Waals surface area contributed by atoms with E-state index in [1.807, 2.05) is 49.4 Å². The summed E-state index contributed by atoms with van der Waals surface area (Å²) >= 11 is 3.48. The minimum absolute atomic E-state index is 0.0558. The monoisotopic (exact) mass is 454 g/mol. The molecule has 1 aliphatic heterocycles. The average molecular weight is 455 g/mol. The first-order chi connectivity index (χ1) is 14.1. The molecule has 148 valence electrons. The van der Waals surface area contributed by atoms with E-state index in [2.05, 4.69) is 32.8 Å². The summed E-state index contributed by atoms with van der Waals surface area (Å²) < 4.78 is 14.2. The molecule has 1 aliphatic rings. The fraction of sp³-hybridized carbons (Fsp3) is 0.227. The first-order valence-corrected chi connectivity index (χ1v) is 10.2. The maximum absolute atomic E-state index is 12.4. The van der Waals surface area contributed by atoms with Gasteiger partial charge in [-0.15, -0.1) is 5.10 Å². The molecule has 1 N–H and O–H groups in total. The SMILES string of the molecule is C=[N+]1C(=O)CC(c2ccc(OCc3cccc(Br)c3)c(OCC)c2)c2cn[nH]c21. The second-order valence-electron chi connectivity index (χ2n) is 6.81. The van der Waals surface area contributed by atoms with E-state index in [0.717, 1.165) is 21.2 Å². The topological polar surface area (TPSA) is 67.2 Å². The normalized spacial score (nSPS) is 15.9. The van der Waals surface area contributed by atoms with Crippen LogP contribution in [0.5, 0.6) is 11.5 Å². The summed E-state index contributed by atoms with van der Waals surface area (Å²) in [6.07, 6.45) is 2.09. The number of hydrogen-bond acceptors (Lipinski definition) is 4. The molecule has 0 aliphatic carbocycles. The molecule has 1 unspecified atom stereocenters. The van der Waals surface area contributed by atoms with Crippen LogP contribution in [-0.2, 0) is 11.4 Å². The standard InChI is InChI=1S/C22H21BrN3O3/c1-3-28-20-10-15(17-11-21(27)26(2)22-18(17)12-24-25-22)7-8-19(20)29-13-14-5-4-6-16(23)9-14/h4-10,12,17H,2-3,11,13H2,1H3,(H,24,25)/q+1. The Hall–Kier alpha value is -2.93. The minimum Gasteiger partial charge on any atom is -0.490 e. The maximum atomic E-state index is 12.4. The highest BCUT2D eigenvalue weighted by Gasteiger charge is 2.36. The summed E-state index contributed by atoms with van der Waals surface area (Å²) in [5, 5.41) is 6.96. The number of nitrogens with one attached hydrogen (secondary N) is 1. The molecule has 0 bridgehead atoms. The lowest BCUT2D eigenvalue weighted by molar-refractivity contribution is -0.367. The zero-order valence-electron chi connectivity index (χ0n) is 16.0. The highest BCUT2D eigenvalue weighted by Crippen LogP contribution is 2.40. The maximum Gasteiger partial charge on any atom is 0.314 e. The molecule has 4 rings (SSSR count). The Morgan fingerprint density at radius 1 is 1.24 bits per heavy atom. The van der Waals surface area contributed by atoms with E-state index in [4.69, 9.17) is 9.47 Å². The zero-order valence-corrected chi connectivity index (χ0v) is 17.6. The van der Waals surface area contributed by atoms with Crippen molar-refractivity contribution < 1.29 is 18.8 Å². The number of halogens is 1. The summed E-state index contributed by atoms with van der Waals surface area (Å²) in [5.41, 5.74) is 2.99. The van der Waals surface area contributed by atoms with Crippen LogP contribution in [-0.4, -0.2) is 34.0 Å². The van der Waals surface area contributed by atoms with E-state index in [-0.39, 0.29) is 11.8 Å². The van der Waals surface area contributed by atoms with Gasteiger partial charge in [0.25, 0.3) is 0 Å². The number of benzene rings is 2. The van der Waals surface area contributed by atoms with Crippen molar-refractivity contribution in [1.82, 2.24) is 10.2 Å². The molecule has 0 saturated carbocycles. The molecule has 6 nitrogen and oxygen atoms in total. The molecule has 1 amide bonds. The number of carbonyl (C=O) groups is 1. The zero-order chi connectivity index (χ0) is 20.4. The Bertz CT molecular complexity index is 1080. The second kappa shape index (κ2) is 8.21. The summed E-state index contributed by atoms with van der Waals surface area (Å²) in [4.78, 5) is 12.4. The number of nitrogens with zero attached hydrogens (tertiary/aromatic N) is 2. The summed E-state index contributed by atoms with van der Waals surface area (Å²) in [6.45, 7) is 6.69. The van der Waals surface area contributed by atoms with Gasteiger partial charge in [-0.25, -0.2) is 4.79 Å². The highest BCUT2D eigenvalue weighted by atomic mass is 79.9. The summed E-state index contributed by atoms with van der Waals surface area (Å²) in [7, 11) is 0. The van der Waals surface area contributed by atoms with Crippen LogP contribution in [0.2, 0.25) is 0 Å². The number of carbonyl (C=O) groups excluding carboxylic acids is 1. The molecule has 2 heterocycles. The van der Waals surface area contributed by atoms with Crippen LogP contribution < -0.4 is 9.47 Å². The van der Waals surface area contributed by atoms with Crippen LogP contribution in [0.4, 0.5) is 5.82 Å². The first kappa shape index (κ1) is 19.4. The molecule has 2 aromatic carbocycles. The van der Waals surface area contributed by atoms with E-state index < -0.39 is 0 Å². The quantitative estimate of drug-likeness (QED) is 0.554. The number of hydrogen-bond donors (Lipinski definition) is 1. The Kier molecular flexibility index (Phi) is 5.49. The van der Waals surface area contributed by atoms with Gasteiger partial charge in [-0.05, 0) is 42.3 Å². The van der Waals surface area contributed by atoms with Crippen LogP contribution in [0.1, 0.15) is 36.0 Å². The van der Waals surface area contributed by atoms with Gasteiger partial charge in [0.05, 0.1) is 31.5 Å². The molecule has 0 radical (unpaired) electrons. The number of fused-ring (bicyclic) bond motifs is 1. The summed E-state index contributed by atoms with van der Waals surface area (Å²) in [5.74, 6) is 1.81. The average Bonchev–Trinajstić information content (AvgIpc) is 3.20. The third kappa shape index (κ3) is 3.96. The van der Waals surface area contributed by atoms with Crippen molar-refractivity contribution in [3.8, 4) is 11.5 Å². The second-order valence-corrected chi connectivity index (χ2v) is 7.73. The van der Waals surface area contributed by atoms with Gasteiger partial charge in [-0.3, -0.25) is 0 Å². The van der Waals surface area contributed by atoms with Crippen molar-refractivity contribution in [1.29, 1.82) is 0 Å². The van der Waals surface area contributed by atoms with Gasteiger partial charge in [0.1, 0.15) is 6.61 Å². The first-order valence-electron chi connectivity index (χ1n) is 9.37. The molecule has 0 spiro atoms. The smallest absolute Gasteiger partial charge is 0.314 e. The van der Waals surface area contributed by atoms with Crippen molar-refractivity contribution in [3.63, 3.8) is 0 Å². The molecular weight excluding hydrogens is 434 g/mol. The largest absolute Gasteiger partial charge is 0.490 e. The number of aromatic amines is 1. The van der Waals surface area contributed by atoms with E-state index in [1.54, 1.807) is 6.20 Å². The molecule has 1 atom stereocenters. The van der Waals surface area contributed by atoms with Crippen LogP contribution in [0.25, 0.3) is 0 Å². The predicted molar refractivity (Wildman–Crippen MR) is 113 cm³/mol. The third-order valence-electron chi connectivity index (χ3n) is 4.93. The fourth-order valence-electron chi connectivity index (χ4n) is 3.49. The van der Waals surface area contributed by atoms with E-state index in [9.17, 15) is 4.79 Å². The van der Waals surface area contributed by atoms with Crippen LogP contribution in [0.15, 0.2) is 53.1 Å². The van der Waals surface area contributed by atoms with Gasteiger partial charge in [0.2, 0.25) is 0 Å². The lowest BCUT2D eigenvalue weighted by atomic mass is 9.87. The lowest BCUT2D eigenvalue weighted by Gasteiger charge is -2.21. The van der Waals surface area contributed by atoms with Gasteiger partial charge >= 0.3 is 11.7 Å². The Labute approximate surface area is 177 Å².